The number of hydrogen-bond acceptors (Lipinski definition) is 3. The van der Waals surface area contributed by atoms with Crippen molar-refractivity contribution in [2.24, 2.45) is 0 Å². The number of fused-ring (bicyclic) bond motifs is 1. The highest BCUT2D eigenvalue weighted by atomic mass is 16.4. The lowest BCUT2D eigenvalue weighted by molar-refractivity contribution is 0.0698. The minimum Gasteiger partial charge on any atom is -0.478 e. The van der Waals surface area contributed by atoms with Gasteiger partial charge in [0, 0.05) is 12.2 Å². The molecular weight excluding hydrogens is 240 g/mol. The molecule has 4 heteroatoms. The smallest absolute Gasteiger partial charge is 0.337 e. The largest absolute Gasteiger partial charge is 0.478 e. The highest BCUT2D eigenvalue weighted by Gasteiger charge is 2.22. The summed E-state index contributed by atoms with van der Waals surface area (Å²) >= 11 is 0. The molecule has 96 valence electrons. The second kappa shape index (κ2) is 4.72. The van der Waals surface area contributed by atoms with Crippen molar-refractivity contribution in [3.05, 3.63) is 59.4 Å². The minimum atomic E-state index is -0.930. The maximum atomic E-state index is 11.1. The third-order valence-corrected chi connectivity index (χ3v) is 3.46. The van der Waals surface area contributed by atoms with Gasteiger partial charge in [0.1, 0.15) is 0 Å². The van der Waals surface area contributed by atoms with E-state index in [1.807, 2.05) is 12.1 Å². The predicted molar refractivity (Wildman–Crippen MR) is 72.5 cm³/mol. The molecule has 0 fully saturated rings. The number of carboxylic acid groups (broad SMARTS) is 1. The molecule has 0 radical (unpaired) electrons. The zero-order valence-corrected chi connectivity index (χ0v) is 10.3. The van der Waals surface area contributed by atoms with Crippen LogP contribution in [0.15, 0.2) is 42.7 Å². The van der Waals surface area contributed by atoms with Crippen molar-refractivity contribution in [1.29, 1.82) is 0 Å². The molecule has 0 amide bonds. The van der Waals surface area contributed by atoms with Gasteiger partial charge in [0.25, 0.3) is 0 Å². The van der Waals surface area contributed by atoms with Crippen LogP contribution in [0.5, 0.6) is 0 Å². The number of aromatic carboxylic acids is 1. The lowest BCUT2D eigenvalue weighted by atomic mass is 10.1. The summed E-state index contributed by atoms with van der Waals surface area (Å²) in [4.78, 5) is 15.1. The molecular formula is C15H14N2O2. The van der Waals surface area contributed by atoms with Crippen LogP contribution in [0.25, 0.3) is 0 Å². The number of nitrogens with one attached hydrogen (secondary N) is 1. The molecule has 1 aromatic heterocycles. The van der Waals surface area contributed by atoms with E-state index in [1.165, 1.54) is 23.4 Å². The molecule has 0 atom stereocenters. The van der Waals surface area contributed by atoms with Crippen LogP contribution in [-0.2, 0) is 12.8 Å². The van der Waals surface area contributed by atoms with Gasteiger partial charge in [0.15, 0.2) is 0 Å². The lowest BCUT2D eigenvalue weighted by Crippen LogP contribution is -2.21. The molecule has 3 rings (SSSR count). The molecule has 4 nitrogen and oxygen atoms in total. The molecule has 0 saturated carbocycles. The van der Waals surface area contributed by atoms with E-state index in [9.17, 15) is 4.79 Å². The Balaban J connectivity index is 1.80. The molecule has 1 heterocycles. The van der Waals surface area contributed by atoms with Gasteiger partial charge < -0.3 is 10.4 Å². The van der Waals surface area contributed by atoms with Gasteiger partial charge in [-0.05, 0) is 30.0 Å². The number of benzene rings is 1. The van der Waals surface area contributed by atoms with Crippen molar-refractivity contribution >= 4 is 11.7 Å². The van der Waals surface area contributed by atoms with Gasteiger partial charge in [0.05, 0.1) is 17.4 Å². The summed E-state index contributed by atoms with van der Waals surface area (Å²) in [6.07, 6.45) is 4.92. The molecule has 0 bridgehead atoms. The highest BCUT2D eigenvalue weighted by Crippen LogP contribution is 2.25. The number of rotatable bonds is 3. The van der Waals surface area contributed by atoms with E-state index < -0.39 is 5.97 Å². The average Bonchev–Trinajstić information content (AvgIpc) is 2.81. The predicted octanol–water partition coefficient (Wildman–Crippen LogP) is 2.36. The summed E-state index contributed by atoms with van der Waals surface area (Å²) in [7, 11) is 0. The summed E-state index contributed by atoms with van der Waals surface area (Å²) in [5.41, 5.74) is 3.53. The van der Waals surface area contributed by atoms with Gasteiger partial charge >= 0.3 is 5.97 Å². The van der Waals surface area contributed by atoms with Crippen LogP contribution in [0, 0.1) is 0 Å². The summed E-state index contributed by atoms with van der Waals surface area (Å²) < 4.78 is 0. The first kappa shape index (κ1) is 11.7. The standard InChI is InChI=1S/C15H14N2O2/c18-15(19)13-5-6-16-9-14(13)17-12-7-10-3-1-2-4-11(10)8-12/h1-6,9,12,17H,7-8H2,(H,18,19). The van der Waals surface area contributed by atoms with Crippen LogP contribution < -0.4 is 5.32 Å². The Kier molecular flexibility index (Phi) is 2.91. The molecule has 1 aliphatic carbocycles. The van der Waals surface area contributed by atoms with E-state index >= 15 is 0 Å². The van der Waals surface area contributed by atoms with Crippen LogP contribution in [0.4, 0.5) is 5.69 Å². The zero-order chi connectivity index (χ0) is 13.2. The Hall–Kier alpha value is -2.36. The number of carbonyl (C=O) groups is 1. The quantitative estimate of drug-likeness (QED) is 0.882. The molecule has 2 aromatic rings. The van der Waals surface area contributed by atoms with E-state index in [0.29, 0.717) is 5.69 Å². The number of anilines is 1. The summed E-state index contributed by atoms with van der Waals surface area (Å²) in [5.74, 6) is -0.930. The Morgan fingerprint density at radius 1 is 1.21 bits per heavy atom. The van der Waals surface area contributed by atoms with Crippen molar-refractivity contribution in [2.75, 3.05) is 5.32 Å². The number of carboxylic acids is 1. The molecule has 2 N–H and O–H groups in total. The van der Waals surface area contributed by atoms with Crippen molar-refractivity contribution in [3.63, 3.8) is 0 Å². The lowest BCUT2D eigenvalue weighted by Gasteiger charge is -2.14. The third kappa shape index (κ3) is 2.29. The van der Waals surface area contributed by atoms with Crippen LogP contribution in [0.2, 0.25) is 0 Å². The van der Waals surface area contributed by atoms with Gasteiger partial charge in [-0.1, -0.05) is 24.3 Å². The summed E-state index contributed by atoms with van der Waals surface area (Å²) in [6.45, 7) is 0. The van der Waals surface area contributed by atoms with Crippen molar-refractivity contribution in [1.82, 2.24) is 4.98 Å². The molecule has 0 unspecified atom stereocenters. The first-order valence-corrected chi connectivity index (χ1v) is 6.24. The molecule has 0 spiro atoms. The Bertz CT molecular complexity index is 600. The first-order chi connectivity index (χ1) is 9.24. The first-order valence-electron chi connectivity index (χ1n) is 6.24. The second-order valence-electron chi connectivity index (χ2n) is 4.74. The van der Waals surface area contributed by atoms with Crippen LogP contribution >= 0.6 is 0 Å². The highest BCUT2D eigenvalue weighted by molar-refractivity contribution is 5.93. The third-order valence-electron chi connectivity index (χ3n) is 3.46. The van der Waals surface area contributed by atoms with Crippen LogP contribution in [0.3, 0.4) is 0 Å². The Morgan fingerprint density at radius 3 is 2.53 bits per heavy atom. The SMILES string of the molecule is O=C(O)c1ccncc1NC1Cc2ccccc2C1. The van der Waals surface area contributed by atoms with Gasteiger partial charge in [-0.25, -0.2) is 4.79 Å². The van der Waals surface area contributed by atoms with Crippen LogP contribution in [0.1, 0.15) is 21.5 Å². The van der Waals surface area contributed by atoms with Crippen molar-refractivity contribution < 1.29 is 9.90 Å². The molecule has 0 saturated heterocycles. The number of aromatic nitrogens is 1. The van der Waals surface area contributed by atoms with Gasteiger partial charge in [-0.15, -0.1) is 0 Å². The zero-order valence-electron chi connectivity index (χ0n) is 10.3. The van der Waals surface area contributed by atoms with Gasteiger partial charge in [-0.2, -0.15) is 0 Å². The molecule has 1 aromatic carbocycles. The fourth-order valence-electron chi connectivity index (χ4n) is 2.58. The van der Waals surface area contributed by atoms with E-state index in [4.69, 9.17) is 5.11 Å². The number of hydrogen-bond donors (Lipinski definition) is 2. The van der Waals surface area contributed by atoms with Crippen LogP contribution in [-0.4, -0.2) is 22.1 Å². The average molecular weight is 254 g/mol. The summed E-state index contributed by atoms with van der Waals surface area (Å²) in [6, 6.07) is 10.1. The van der Waals surface area contributed by atoms with Crippen molar-refractivity contribution in [2.45, 2.75) is 18.9 Å². The Morgan fingerprint density at radius 2 is 1.89 bits per heavy atom. The summed E-state index contributed by atoms with van der Waals surface area (Å²) in [5, 5.41) is 12.4. The number of nitrogens with zero attached hydrogens (tertiary/aromatic N) is 1. The topological polar surface area (TPSA) is 62.2 Å². The molecule has 19 heavy (non-hydrogen) atoms. The van der Waals surface area contributed by atoms with E-state index in [2.05, 4.69) is 22.4 Å². The number of pyridine rings is 1. The van der Waals surface area contributed by atoms with E-state index in [-0.39, 0.29) is 11.6 Å². The fourth-order valence-corrected chi connectivity index (χ4v) is 2.58. The Labute approximate surface area is 111 Å². The molecule has 0 aliphatic heterocycles. The van der Waals surface area contributed by atoms with E-state index in [0.717, 1.165) is 12.8 Å². The van der Waals surface area contributed by atoms with E-state index in [1.54, 1.807) is 6.20 Å². The van der Waals surface area contributed by atoms with Gasteiger partial charge in [0.2, 0.25) is 0 Å². The second-order valence-corrected chi connectivity index (χ2v) is 4.74. The fraction of sp³-hybridized carbons (Fsp3) is 0.200. The molecule has 1 aliphatic rings. The maximum absolute atomic E-state index is 11.1. The van der Waals surface area contributed by atoms with Gasteiger partial charge in [-0.3, -0.25) is 4.98 Å². The van der Waals surface area contributed by atoms with Crippen molar-refractivity contribution in [3.8, 4) is 0 Å². The minimum absolute atomic E-state index is 0.236. The monoisotopic (exact) mass is 254 g/mol. The maximum Gasteiger partial charge on any atom is 0.337 e. The normalized spacial score (nSPS) is 14.1.